The van der Waals surface area contributed by atoms with E-state index in [2.05, 4.69) is 39.9 Å². The van der Waals surface area contributed by atoms with Crippen molar-refractivity contribution in [3.05, 3.63) is 0 Å². The zero-order valence-corrected chi connectivity index (χ0v) is 14.0. The summed E-state index contributed by atoms with van der Waals surface area (Å²) in [6.45, 7) is 12.8. The highest BCUT2D eigenvalue weighted by Gasteiger charge is 2.43. The Morgan fingerprint density at radius 3 is 2.11 bits per heavy atom. The topological polar surface area (TPSA) is 21.3 Å². The van der Waals surface area contributed by atoms with Gasteiger partial charge in [0.1, 0.15) is 0 Å². The Balaban J connectivity index is 2.76. The van der Waals surface area contributed by atoms with Crippen LogP contribution in [0.3, 0.4) is 0 Å². The first-order valence-corrected chi connectivity index (χ1v) is 8.14. The van der Waals surface area contributed by atoms with Crippen molar-refractivity contribution in [1.29, 1.82) is 0 Å². The molecule has 0 amide bonds. The van der Waals surface area contributed by atoms with E-state index in [1.165, 1.54) is 38.5 Å². The zero-order valence-electron chi connectivity index (χ0n) is 14.0. The molecule has 0 radical (unpaired) electrons. The molecule has 0 bridgehead atoms. The minimum absolute atomic E-state index is 0.0644. The molecule has 1 fully saturated rings. The Morgan fingerprint density at radius 2 is 1.68 bits per heavy atom. The van der Waals surface area contributed by atoms with E-state index in [1.54, 1.807) is 0 Å². The van der Waals surface area contributed by atoms with Crippen LogP contribution in [0.2, 0.25) is 0 Å². The standard InChI is InChI=1S/C17H35NO/c1-7-12-18-15(13-14(2)3)17(19-6)10-8-16(4,5)9-11-17/h14-15,18H,7-13H2,1-6H3. The summed E-state index contributed by atoms with van der Waals surface area (Å²) in [6, 6.07) is 0.508. The van der Waals surface area contributed by atoms with Crippen molar-refractivity contribution >= 4 is 0 Å². The number of hydrogen-bond acceptors (Lipinski definition) is 2. The lowest BCUT2D eigenvalue weighted by Gasteiger charge is -2.48. The molecule has 1 saturated carbocycles. The monoisotopic (exact) mass is 269 g/mol. The van der Waals surface area contributed by atoms with E-state index >= 15 is 0 Å². The highest BCUT2D eigenvalue weighted by molar-refractivity contribution is 4.99. The molecule has 1 N–H and O–H groups in total. The Kier molecular flexibility index (Phi) is 6.32. The Labute approximate surface area is 120 Å². The van der Waals surface area contributed by atoms with E-state index in [0.29, 0.717) is 11.5 Å². The molecule has 1 unspecified atom stereocenters. The maximum atomic E-state index is 6.07. The molecule has 0 saturated heterocycles. The molecule has 2 nitrogen and oxygen atoms in total. The maximum Gasteiger partial charge on any atom is 0.0831 e. The van der Waals surface area contributed by atoms with Crippen LogP contribution in [0, 0.1) is 11.3 Å². The zero-order chi connectivity index (χ0) is 14.5. The van der Waals surface area contributed by atoms with Crippen molar-refractivity contribution in [2.24, 2.45) is 11.3 Å². The molecule has 0 heterocycles. The molecule has 0 aromatic heterocycles. The molecule has 1 atom stereocenters. The molecule has 1 rings (SSSR count). The minimum Gasteiger partial charge on any atom is -0.377 e. The molecule has 2 heteroatoms. The van der Waals surface area contributed by atoms with Gasteiger partial charge in [0.05, 0.1) is 5.60 Å². The Hall–Kier alpha value is -0.0800. The molecule has 114 valence electrons. The average Bonchev–Trinajstić information content (AvgIpc) is 2.35. The molecule has 1 aliphatic carbocycles. The van der Waals surface area contributed by atoms with Crippen LogP contribution in [0.4, 0.5) is 0 Å². The summed E-state index contributed by atoms with van der Waals surface area (Å²) in [5.41, 5.74) is 0.560. The van der Waals surface area contributed by atoms with E-state index in [9.17, 15) is 0 Å². The predicted octanol–water partition coefficient (Wildman–Crippen LogP) is 4.39. The molecule has 0 spiro atoms. The number of rotatable bonds is 7. The van der Waals surface area contributed by atoms with Gasteiger partial charge in [-0.2, -0.15) is 0 Å². The SMILES string of the molecule is CCCNC(CC(C)C)C1(OC)CCC(C)(C)CC1. The maximum absolute atomic E-state index is 6.07. The fraction of sp³-hybridized carbons (Fsp3) is 1.00. The van der Waals surface area contributed by atoms with E-state index in [4.69, 9.17) is 4.74 Å². The summed E-state index contributed by atoms with van der Waals surface area (Å²) in [7, 11) is 1.92. The van der Waals surface area contributed by atoms with Gasteiger partial charge >= 0.3 is 0 Å². The summed E-state index contributed by atoms with van der Waals surface area (Å²) < 4.78 is 6.07. The van der Waals surface area contributed by atoms with Gasteiger partial charge in [0, 0.05) is 13.2 Å². The van der Waals surface area contributed by atoms with Gasteiger partial charge < -0.3 is 10.1 Å². The largest absolute Gasteiger partial charge is 0.377 e. The second kappa shape index (κ2) is 7.08. The second-order valence-electron chi connectivity index (χ2n) is 7.57. The van der Waals surface area contributed by atoms with Gasteiger partial charge in [-0.15, -0.1) is 0 Å². The van der Waals surface area contributed by atoms with Crippen LogP contribution in [0.5, 0.6) is 0 Å². The van der Waals surface area contributed by atoms with Crippen molar-refractivity contribution in [1.82, 2.24) is 5.32 Å². The summed E-state index contributed by atoms with van der Waals surface area (Å²) in [6.07, 6.45) is 7.37. The first kappa shape index (κ1) is 17.0. The number of methoxy groups -OCH3 is 1. The molecule has 19 heavy (non-hydrogen) atoms. The first-order valence-electron chi connectivity index (χ1n) is 8.14. The summed E-state index contributed by atoms with van der Waals surface area (Å²) in [5, 5.41) is 3.76. The molecule has 0 aromatic carbocycles. The van der Waals surface area contributed by atoms with Crippen molar-refractivity contribution in [3.63, 3.8) is 0 Å². The smallest absolute Gasteiger partial charge is 0.0831 e. The summed E-state index contributed by atoms with van der Waals surface area (Å²) in [5.74, 6) is 0.719. The molecular formula is C17H35NO. The summed E-state index contributed by atoms with van der Waals surface area (Å²) >= 11 is 0. The molecule has 0 aromatic rings. The van der Waals surface area contributed by atoms with Gasteiger partial charge in [0.25, 0.3) is 0 Å². The van der Waals surface area contributed by atoms with Crippen LogP contribution in [0.25, 0.3) is 0 Å². The summed E-state index contributed by atoms with van der Waals surface area (Å²) in [4.78, 5) is 0. The number of nitrogens with one attached hydrogen (secondary N) is 1. The van der Waals surface area contributed by atoms with Crippen LogP contribution in [-0.4, -0.2) is 25.3 Å². The van der Waals surface area contributed by atoms with Gasteiger partial charge in [0.2, 0.25) is 0 Å². The van der Waals surface area contributed by atoms with Crippen LogP contribution in [0.15, 0.2) is 0 Å². The van der Waals surface area contributed by atoms with Gasteiger partial charge in [-0.1, -0.05) is 34.6 Å². The fourth-order valence-electron chi connectivity index (χ4n) is 3.32. The van der Waals surface area contributed by atoms with Crippen LogP contribution in [-0.2, 0) is 4.74 Å². The first-order chi connectivity index (χ1) is 8.85. The average molecular weight is 269 g/mol. The molecular weight excluding hydrogens is 234 g/mol. The highest BCUT2D eigenvalue weighted by Crippen LogP contribution is 2.44. The lowest BCUT2D eigenvalue weighted by molar-refractivity contribution is -0.0899. The van der Waals surface area contributed by atoms with Crippen LogP contribution >= 0.6 is 0 Å². The van der Waals surface area contributed by atoms with Crippen LogP contribution in [0.1, 0.15) is 73.1 Å². The van der Waals surface area contributed by atoms with Crippen molar-refractivity contribution in [3.8, 4) is 0 Å². The van der Waals surface area contributed by atoms with E-state index < -0.39 is 0 Å². The lowest BCUT2D eigenvalue weighted by Crippen LogP contribution is -2.55. The fourth-order valence-corrected chi connectivity index (χ4v) is 3.32. The number of hydrogen-bond donors (Lipinski definition) is 1. The molecule has 0 aliphatic heterocycles. The number of ether oxygens (including phenoxy) is 1. The Morgan fingerprint density at radius 1 is 1.11 bits per heavy atom. The third kappa shape index (κ3) is 4.75. The third-order valence-corrected chi connectivity index (χ3v) is 4.84. The van der Waals surface area contributed by atoms with Crippen molar-refractivity contribution < 1.29 is 4.74 Å². The van der Waals surface area contributed by atoms with Gasteiger partial charge in [-0.3, -0.25) is 0 Å². The predicted molar refractivity (Wildman–Crippen MR) is 83.5 cm³/mol. The van der Waals surface area contributed by atoms with Crippen molar-refractivity contribution in [2.45, 2.75) is 84.8 Å². The van der Waals surface area contributed by atoms with E-state index in [1.807, 2.05) is 7.11 Å². The normalized spacial score (nSPS) is 23.5. The van der Waals surface area contributed by atoms with E-state index in [-0.39, 0.29) is 5.60 Å². The van der Waals surface area contributed by atoms with Crippen molar-refractivity contribution in [2.75, 3.05) is 13.7 Å². The van der Waals surface area contributed by atoms with Gasteiger partial charge in [0.15, 0.2) is 0 Å². The highest BCUT2D eigenvalue weighted by atomic mass is 16.5. The lowest BCUT2D eigenvalue weighted by atomic mass is 9.67. The van der Waals surface area contributed by atoms with E-state index in [0.717, 1.165) is 12.5 Å². The second-order valence-corrected chi connectivity index (χ2v) is 7.57. The quantitative estimate of drug-likeness (QED) is 0.740. The molecule has 1 aliphatic rings. The third-order valence-electron chi connectivity index (χ3n) is 4.84. The minimum atomic E-state index is 0.0644. The van der Waals surface area contributed by atoms with Gasteiger partial charge in [-0.05, 0) is 56.4 Å². The van der Waals surface area contributed by atoms with Crippen LogP contribution < -0.4 is 5.32 Å². The van der Waals surface area contributed by atoms with Gasteiger partial charge in [-0.25, -0.2) is 0 Å². The Bertz CT molecular complexity index is 250.